The van der Waals surface area contributed by atoms with Crippen molar-refractivity contribution in [2.75, 3.05) is 11.5 Å². The fourth-order valence-corrected chi connectivity index (χ4v) is 1.51. The number of carboxylic acids is 1. The Bertz CT molecular complexity index is 121. The first kappa shape index (κ1) is 11.1. The summed E-state index contributed by atoms with van der Waals surface area (Å²) >= 11 is 5.33. The molecular weight excluding hydrogens is 182 g/mol. The maximum Gasteiger partial charge on any atom is 0.322 e. The van der Waals surface area contributed by atoms with Crippen molar-refractivity contribution in [1.29, 1.82) is 0 Å². The number of thiol groups is 1. The topological polar surface area (TPSA) is 49.3 Å². The average Bonchev–Trinajstić information content (AvgIpc) is 1.97. The molecule has 0 aromatic carbocycles. The Balaban J connectivity index is 3.44. The van der Waals surface area contributed by atoms with Crippen molar-refractivity contribution in [2.45, 2.75) is 19.4 Å². The number of hydrogen-bond donors (Lipinski definition) is 3. The maximum atomic E-state index is 10.4. The van der Waals surface area contributed by atoms with Gasteiger partial charge in [-0.2, -0.15) is 12.6 Å². The van der Waals surface area contributed by atoms with Gasteiger partial charge in [-0.25, -0.2) is 4.72 Å². The maximum absolute atomic E-state index is 10.4. The molecule has 0 aliphatic heterocycles. The molecule has 5 heteroatoms. The van der Waals surface area contributed by atoms with Crippen LogP contribution in [0.3, 0.4) is 0 Å². The van der Waals surface area contributed by atoms with Crippen molar-refractivity contribution < 1.29 is 9.90 Å². The molecule has 0 fully saturated rings. The Morgan fingerprint density at radius 3 is 2.82 bits per heavy atom. The van der Waals surface area contributed by atoms with Crippen molar-refractivity contribution in [3.8, 4) is 0 Å². The van der Waals surface area contributed by atoms with E-state index in [4.69, 9.17) is 5.11 Å². The van der Waals surface area contributed by atoms with Crippen LogP contribution in [0.4, 0.5) is 0 Å². The highest BCUT2D eigenvalue weighted by Crippen LogP contribution is 2.00. The van der Waals surface area contributed by atoms with Gasteiger partial charge in [-0.1, -0.05) is 18.9 Å². The number of rotatable bonds is 6. The second kappa shape index (κ2) is 6.82. The number of nitrogens with one attached hydrogen (secondary N) is 1. The molecule has 1 atom stereocenters. The van der Waals surface area contributed by atoms with Crippen LogP contribution in [0.15, 0.2) is 0 Å². The van der Waals surface area contributed by atoms with Crippen molar-refractivity contribution in [2.24, 2.45) is 0 Å². The van der Waals surface area contributed by atoms with Crippen molar-refractivity contribution in [3.63, 3.8) is 0 Å². The first-order chi connectivity index (χ1) is 5.22. The van der Waals surface area contributed by atoms with Crippen LogP contribution in [-0.4, -0.2) is 28.6 Å². The molecule has 11 heavy (non-hydrogen) atoms. The largest absolute Gasteiger partial charge is 0.480 e. The minimum Gasteiger partial charge on any atom is -0.480 e. The molecular formula is C6H13NO2S2. The predicted molar refractivity (Wildman–Crippen MR) is 51.2 cm³/mol. The number of aliphatic carboxylic acids is 1. The zero-order valence-corrected chi connectivity index (χ0v) is 8.12. The van der Waals surface area contributed by atoms with E-state index in [-0.39, 0.29) is 0 Å². The highest BCUT2D eigenvalue weighted by Gasteiger charge is 2.13. The SMILES string of the molecule is CCCSNC(CS)C(=O)O. The highest BCUT2D eigenvalue weighted by molar-refractivity contribution is 7.97. The zero-order valence-electron chi connectivity index (χ0n) is 6.41. The van der Waals surface area contributed by atoms with E-state index in [1.165, 1.54) is 11.9 Å². The Hall–Kier alpha value is 0.130. The molecule has 0 saturated carbocycles. The third kappa shape index (κ3) is 5.41. The summed E-state index contributed by atoms with van der Waals surface area (Å²) < 4.78 is 2.81. The van der Waals surface area contributed by atoms with E-state index in [0.29, 0.717) is 5.75 Å². The molecule has 0 aromatic rings. The average molecular weight is 195 g/mol. The molecule has 66 valence electrons. The number of carbonyl (C=O) groups is 1. The molecule has 0 aromatic heterocycles. The number of hydrogen-bond acceptors (Lipinski definition) is 4. The molecule has 0 heterocycles. The van der Waals surface area contributed by atoms with Crippen molar-refractivity contribution in [1.82, 2.24) is 4.72 Å². The summed E-state index contributed by atoms with van der Waals surface area (Å²) in [6, 6.07) is -0.533. The molecule has 0 bridgehead atoms. The summed E-state index contributed by atoms with van der Waals surface area (Å²) in [4.78, 5) is 10.4. The van der Waals surface area contributed by atoms with Crippen LogP contribution < -0.4 is 4.72 Å². The minimum absolute atomic E-state index is 0.325. The Morgan fingerprint density at radius 1 is 1.82 bits per heavy atom. The van der Waals surface area contributed by atoms with E-state index in [9.17, 15) is 4.79 Å². The molecule has 0 radical (unpaired) electrons. The highest BCUT2D eigenvalue weighted by atomic mass is 32.2. The van der Waals surface area contributed by atoms with Crippen molar-refractivity contribution >= 4 is 30.5 Å². The van der Waals surface area contributed by atoms with E-state index in [2.05, 4.69) is 17.4 Å². The van der Waals surface area contributed by atoms with Gasteiger partial charge in [0.25, 0.3) is 0 Å². The normalized spacial score (nSPS) is 12.9. The fraction of sp³-hybridized carbons (Fsp3) is 0.833. The second-order valence-electron chi connectivity index (χ2n) is 2.04. The zero-order chi connectivity index (χ0) is 8.69. The van der Waals surface area contributed by atoms with Gasteiger partial charge in [-0.15, -0.1) is 0 Å². The van der Waals surface area contributed by atoms with E-state index in [0.717, 1.165) is 12.2 Å². The Labute approximate surface area is 76.5 Å². The van der Waals surface area contributed by atoms with Crippen molar-refractivity contribution in [3.05, 3.63) is 0 Å². The van der Waals surface area contributed by atoms with Crippen LogP contribution >= 0.6 is 24.6 Å². The predicted octanol–water partition coefficient (Wildman–Crippen LogP) is 1.02. The van der Waals surface area contributed by atoms with Gasteiger partial charge in [0, 0.05) is 11.5 Å². The lowest BCUT2D eigenvalue weighted by Gasteiger charge is -2.09. The summed E-state index contributed by atoms with van der Waals surface area (Å²) in [5, 5.41) is 8.55. The van der Waals surface area contributed by atoms with E-state index in [1.807, 2.05) is 6.92 Å². The van der Waals surface area contributed by atoms with E-state index in [1.54, 1.807) is 0 Å². The second-order valence-corrected chi connectivity index (χ2v) is 3.34. The summed E-state index contributed by atoms with van der Waals surface area (Å²) in [5.74, 6) is 0.410. The fourth-order valence-electron chi connectivity index (χ4n) is 0.427. The molecule has 2 N–H and O–H groups in total. The molecule has 0 amide bonds. The molecule has 0 aliphatic rings. The monoisotopic (exact) mass is 195 g/mol. The molecule has 0 spiro atoms. The van der Waals surface area contributed by atoms with Gasteiger partial charge in [-0.05, 0) is 6.42 Å². The Kier molecular flexibility index (Phi) is 6.90. The van der Waals surface area contributed by atoms with Gasteiger partial charge in [0.05, 0.1) is 0 Å². The smallest absolute Gasteiger partial charge is 0.322 e. The molecule has 0 saturated heterocycles. The van der Waals surface area contributed by atoms with Crippen LogP contribution in [0.1, 0.15) is 13.3 Å². The third-order valence-corrected chi connectivity index (χ3v) is 2.44. The summed E-state index contributed by atoms with van der Waals surface area (Å²) in [5.41, 5.74) is 0. The van der Waals surface area contributed by atoms with E-state index >= 15 is 0 Å². The van der Waals surface area contributed by atoms with Crippen LogP contribution in [0, 0.1) is 0 Å². The minimum atomic E-state index is -0.844. The first-order valence-corrected chi connectivity index (χ1v) is 5.05. The Morgan fingerprint density at radius 2 is 2.45 bits per heavy atom. The van der Waals surface area contributed by atoms with Crippen LogP contribution in [0.5, 0.6) is 0 Å². The van der Waals surface area contributed by atoms with Gasteiger partial charge >= 0.3 is 5.97 Å². The van der Waals surface area contributed by atoms with Crippen LogP contribution in [0.25, 0.3) is 0 Å². The van der Waals surface area contributed by atoms with E-state index < -0.39 is 12.0 Å². The third-order valence-electron chi connectivity index (χ3n) is 1.01. The van der Waals surface area contributed by atoms with Crippen LogP contribution in [-0.2, 0) is 4.79 Å². The van der Waals surface area contributed by atoms with Gasteiger partial charge in [0.2, 0.25) is 0 Å². The van der Waals surface area contributed by atoms with Gasteiger partial charge < -0.3 is 5.11 Å². The standard InChI is InChI=1S/C6H13NO2S2/c1-2-3-11-7-5(4-10)6(8)9/h5,7,10H,2-4H2,1H3,(H,8,9). The van der Waals surface area contributed by atoms with Crippen LogP contribution in [0.2, 0.25) is 0 Å². The lowest BCUT2D eigenvalue weighted by molar-refractivity contribution is -0.138. The molecule has 1 unspecified atom stereocenters. The van der Waals surface area contributed by atoms with Gasteiger partial charge in [0.1, 0.15) is 6.04 Å². The molecule has 3 nitrogen and oxygen atoms in total. The van der Waals surface area contributed by atoms with Gasteiger partial charge in [0.15, 0.2) is 0 Å². The summed E-state index contributed by atoms with van der Waals surface area (Å²) in [6.45, 7) is 2.05. The number of carboxylic acid groups (broad SMARTS) is 1. The summed E-state index contributed by atoms with van der Waals surface area (Å²) in [6.07, 6.45) is 1.04. The lowest BCUT2D eigenvalue weighted by Crippen LogP contribution is -2.34. The molecule has 0 rings (SSSR count). The molecule has 0 aliphatic carbocycles. The van der Waals surface area contributed by atoms with Gasteiger partial charge in [-0.3, -0.25) is 4.79 Å². The summed E-state index contributed by atoms with van der Waals surface area (Å²) in [7, 11) is 0. The lowest BCUT2D eigenvalue weighted by atomic mass is 10.4. The quantitative estimate of drug-likeness (QED) is 0.336. The first-order valence-electron chi connectivity index (χ1n) is 3.43.